The van der Waals surface area contributed by atoms with E-state index in [1.165, 1.54) is 0 Å². The zero-order valence-electron chi connectivity index (χ0n) is 9.37. The summed E-state index contributed by atoms with van der Waals surface area (Å²) in [5, 5.41) is 13.4. The van der Waals surface area contributed by atoms with Crippen LogP contribution < -0.4 is 5.32 Å². The van der Waals surface area contributed by atoms with Gasteiger partial charge in [0.25, 0.3) is 0 Å². The summed E-state index contributed by atoms with van der Waals surface area (Å²) in [6, 6.07) is 1.77. The van der Waals surface area contributed by atoms with Crippen LogP contribution in [0.1, 0.15) is 20.3 Å². The quantitative estimate of drug-likeness (QED) is 0.877. The minimum Gasteiger partial charge on any atom is -0.391 e. The predicted molar refractivity (Wildman–Crippen MR) is 70.9 cm³/mol. The summed E-state index contributed by atoms with van der Waals surface area (Å²) >= 11 is 9.14. The van der Waals surface area contributed by atoms with Crippen molar-refractivity contribution in [3.8, 4) is 0 Å². The molecule has 0 bridgehead atoms. The van der Waals surface area contributed by atoms with Crippen molar-refractivity contribution < 1.29 is 5.11 Å². The first-order chi connectivity index (χ1) is 7.49. The van der Waals surface area contributed by atoms with E-state index in [1.54, 1.807) is 12.3 Å². The molecule has 90 valence electrons. The molecule has 0 fully saturated rings. The molecular formula is C11H16BrClN2O. The maximum atomic E-state index is 9.69. The van der Waals surface area contributed by atoms with Crippen LogP contribution in [0.3, 0.4) is 0 Å². The number of hydrogen-bond donors (Lipinski definition) is 2. The molecule has 0 aromatic carbocycles. The van der Waals surface area contributed by atoms with Crippen molar-refractivity contribution in [1.29, 1.82) is 0 Å². The van der Waals surface area contributed by atoms with E-state index in [1.807, 2.05) is 0 Å². The second-order valence-corrected chi connectivity index (χ2v) is 5.44. The van der Waals surface area contributed by atoms with Gasteiger partial charge in [-0.3, -0.25) is 0 Å². The third-order valence-electron chi connectivity index (χ3n) is 2.06. The van der Waals surface area contributed by atoms with Crippen LogP contribution in [-0.4, -0.2) is 22.7 Å². The summed E-state index contributed by atoms with van der Waals surface area (Å²) in [5.41, 5.74) is 0. The van der Waals surface area contributed by atoms with E-state index in [2.05, 4.69) is 40.1 Å². The molecule has 3 nitrogen and oxygen atoms in total. The van der Waals surface area contributed by atoms with Crippen LogP contribution in [0.5, 0.6) is 0 Å². The van der Waals surface area contributed by atoms with Gasteiger partial charge in [-0.05, 0) is 34.3 Å². The Labute approximate surface area is 109 Å². The Kier molecular flexibility index (Phi) is 5.52. The Hall–Kier alpha value is -0.320. The molecule has 0 aliphatic heterocycles. The van der Waals surface area contributed by atoms with Crippen molar-refractivity contribution in [3.63, 3.8) is 0 Å². The Bertz CT molecular complexity index is 347. The first-order valence-corrected chi connectivity index (χ1v) is 6.39. The average Bonchev–Trinajstić information content (AvgIpc) is 2.15. The van der Waals surface area contributed by atoms with Crippen molar-refractivity contribution in [1.82, 2.24) is 4.98 Å². The Morgan fingerprint density at radius 2 is 2.25 bits per heavy atom. The van der Waals surface area contributed by atoms with Gasteiger partial charge in [-0.25, -0.2) is 4.98 Å². The molecule has 2 N–H and O–H groups in total. The number of aromatic nitrogens is 1. The zero-order chi connectivity index (χ0) is 12.1. The van der Waals surface area contributed by atoms with Crippen LogP contribution in [0.15, 0.2) is 16.7 Å². The molecule has 0 saturated carbocycles. The first kappa shape index (κ1) is 13.7. The van der Waals surface area contributed by atoms with Crippen molar-refractivity contribution >= 4 is 33.3 Å². The van der Waals surface area contributed by atoms with Gasteiger partial charge in [-0.2, -0.15) is 0 Å². The van der Waals surface area contributed by atoms with E-state index in [-0.39, 0.29) is 6.10 Å². The molecule has 1 rings (SSSR count). The van der Waals surface area contributed by atoms with Crippen LogP contribution in [0.2, 0.25) is 5.02 Å². The second-order valence-electron chi connectivity index (χ2n) is 4.15. The second kappa shape index (κ2) is 6.42. The van der Waals surface area contributed by atoms with Crippen molar-refractivity contribution in [2.75, 3.05) is 11.9 Å². The largest absolute Gasteiger partial charge is 0.391 e. The molecule has 0 amide bonds. The highest BCUT2D eigenvalue weighted by Crippen LogP contribution is 2.23. The van der Waals surface area contributed by atoms with Crippen molar-refractivity contribution in [3.05, 3.63) is 21.8 Å². The topological polar surface area (TPSA) is 45.1 Å². The molecule has 5 heteroatoms. The monoisotopic (exact) mass is 306 g/mol. The fourth-order valence-electron chi connectivity index (χ4n) is 1.39. The molecule has 0 radical (unpaired) electrons. The number of rotatable bonds is 5. The van der Waals surface area contributed by atoms with Gasteiger partial charge >= 0.3 is 0 Å². The summed E-state index contributed by atoms with van der Waals surface area (Å²) in [5.74, 6) is 1.19. The number of aliphatic hydroxyl groups is 1. The van der Waals surface area contributed by atoms with Crippen molar-refractivity contribution in [2.45, 2.75) is 26.4 Å². The standard InChI is InChI=1S/C11H16BrClN2O/c1-7(2)3-9(16)6-15-11-10(12)4-8(13)5-14-11/h4-5,7,9,16H,3,6H2,1-2H3,(H,14,15). The maximum absolute atomic E-state index is 9.69. The van der Waals surface area contributed by atoms with Gasteiger partial charge in [0, 0.05) is 12.7 Å². The van der Waals surface area contributed by atoms with E-state index < -0.39 is 0 Å². The molecule has 16 heavy (non-hydrogen) atoms. The molecule has 1 atom stereocenters. The molecule has 1 heterocycles. The highest BCUT2D eigenvalue weighted by molar-refractivity contribution is 9.10. The van der Waals surface area contributed by atoms with Gasteiger partial charge in [0.15, 0.2) is 0 Å². The van der Waals surface area contributed by atoms with Crippen LogP contribution in [0.25, 0.3) is 0 Å². The van der Waals surface area contributed by atoms with E-state index in [0.29, 0.717) is 23.3 Å². The van der Waals surface area contributed by atoms with Gasteiger partial charge in [0.05, 0.1) is 15.6 Å². The van der Waals surface area contributed by atoms with Gasteiger partial charge in [-0.1, -0.05) is 25.4 Å². The molecule has 0 saturated heterocycles. The number of nitrogens with zero attached hydrogens (tertiary/aromatic N) is 1. The van der Waals surface area contributed by atoms with E-state index in [4.69, 9.17) is 11.6 Å². The summed E-state index contributed by atoms with van der Waals surface area (Å²) in [7, 11) is 0. The van der Waals surface area contributed by atoms with Crippen LogP contribution in [0, 0.1) is 5.92 Å². The average molecular weight is 308 g/mol. The lowest BCUT2D eigenvalue weighted by Crippen LogP contribution is -2.21. The lowest BCUT2D eigenvalue weighted by molar-refractivity contribution is 0.161. The summed E-state index contributed by atoms with van der Waals surface area (Å²) in [6.07, 6.45) is 1.99. The SMILES string of the molecule is CC(C)CC(O)CNc1ncc(Cl)cc1Br. The Morgan fingerprint density at radius 1 is 1.56 bits per heavy atom. The van der Waals surface area contributed by atoms with Gasteiger partial charge in [0.1, 0.15) is 5.82 Å². The molecule has 0 aliphatic rings. The molecule has 1 aromatic heterocycles. The van der Waals surface area contributed by atoms with E-state index in [0.717, 1.165) is 10.9 Å². The number of hydrogen-bond acceptors (Lipinski definition) is 3. The molecular weight excluding hydrogens is 291 g/mol. The predicted octanol–water partition coefficient (Wildman–Crippen LogP) is 3.32. The molecule has 0 spiro atoms. The third kappa shape index (κ3) is 4.68. The number of halogens is 2. The number of anilines is 1. The summed E-state index contributed by atoms with van der Waals surface area (Å²) < 4.78 is 0.803. The van der Waals surface area contributed by atoms with Gasteiger partial charge in [0.2, 0.25) is 0 Å². The fourth-order valence-corrected chi connectivity index (χ4v) is 2.17. The number of nitrogens with one attached hydrogen (secondary N) is 1. The maximum Gasteiger partial charge on any atom is 0.140 e. The molecule has 1 unspecified atom stereocenters. The lowest BCUT2D eigenvalue weighted by atomic mass is 10.1. The minimum atomic E-state index is -0.357. The van der Waals surface area contributed by atoms with Gasteiger partial charge in [-0.15, -0.1) is 0 Å². The van der Waals surface area contributed by atoms with Crippen LogP contribution in [0.4, 0.5) is 5.82 Å². The van der Waals surface area contributed by atoms with Crippen molar-refractivity contribution in [2.24, 2.45) is 5.92 Å². The summed E-state index contributed by atoms with van der Waals surface area (Å²) in [6.45, 7) is 4.66. The molecule has 1 aromatic rings. The number of pyridine rings is 1. The molecule has 0 aliphatic carbocycles. The van der Waals surface area contributed by atoms with E-state index >= 15 is 0 Å². The number of aliphatic hydroxyl groups excluding tert-OH is 1. The Morgan fingerprint density at radius 3 is 2.81 bits per heavy atom. The normalized spacial score (nSPS) is 12.9. The van der Waals surface area contributed by atoms with Crippen LogP contribution in [-0.2, 0) is 0 Å². The minimum absolute atomic E-state index is 0.357. The summed E-state index contributed by atoms with van der Waals surface area (Å²) in [4.78, 5) is 4.13. The third-order valence-corrected chi connectivity index (χ3v) is 2.87. The first-order valence-electron chi connectivity index (χ1n) is 5.22. The highest BCUT2D eigenvalue weighted by atomic mass is 79.9. The van der Waals surface area contributed by atoms with Gasteiger partial charge < -0.3 is 10.4 Å². The van der Waals surface area contributed by atoms with E-state index in [9.17, 15) is 5.11 Å². The fraction of sp³-hybridized carbons (Fsp3) is 0.545. The Balaban J connectivity index is 2.48. The highest BCUT2D eigenvalue weighted by Gasteiger charge is 2.08. The van der Waals surface area contributed by atoms with Crippen LogP contribution >= 0.6 is 27.5 Å². The smallest absolute Gasteiger partial charge is 0.140 e. The lowest BCUT2D eigenvalue weighted by Gasteiger charge is -2.14. The zero-order valence-corrected chi connectivity index (χ0v) is 11.7.